The normalized spacial score (nSPS) is 27.4. The first-order valence-electron chi connectivity index (χ1n) is 15.8. The van der Waals surface area contributed by atoms with Crippen LogP contribution in [0.4, 0.5) is 9.59 Å². The van der Waals surface area contributed by atoms with Crippen molar-refractivity contribution in [1.82, 2.24) is 29.4 Å². The largest absolute Gasteiger partial charge is 0.327 e. The lowest BCUT2D eigenvalue weighted by Gasteiger charge is -2.57. The number of imide groups is 2. The lowest BCUT2D eigenvalue weighted by atomic mass is 9.68. The lowest BCUT2D eigenvalue weighted by Crippen LogP contribution is -2.68. The third kappa shape index (κ3) is 4.58. The second-order valence-electron chi connectivity index (χ2n) is 16.4. The van der Waals surface area contributed by atoms with Gasteiger partial charge >= 0.3 is 12.1 Å². The Kier molecular flexibility index (Phi) is 7.19. The van der Waals surface area contributed by atoms with Gasteiger partial charge in [-0.3, -0.25) is 29.2 Å². The summed E-state index contributed by atoms with van der Waals surface area (Å²) in [6.45, 7) is 17.4. The van der Waals surface area contributed by atoms with Gasteiger partial charge in [0.25, 0.3) is 11.8 Å². The van der Waals surface area contributed by atoms with Crippen LogP contribution in [0, 0.1) is 0 Å². The number of hydrogen-bond acceptors (Lipinski definition) is 6. The third-order valence-electron chi connectivity index (χ3n) is 11.8. The van der Waals surface area contributed by atoms with E-state index in [4.69, 9.17) is 0 Å². The van der Waals surface area contributed by atoms with Crippen LogP contribution in [0.2, 0.25) is 0 Å². The fourth-order valence-electron chi connectivity index (χ4n) is 8.96. The standard InChI is InChI=1S/C34H52N6O4/c1-29(2)19-33(20-30(3,4)37(29)11)25(41)39(27(43)35(33)9)17-23-13-15-24(16-14-23)18-40-26(42)34(36(10)28(40)44)21-31(5,6)38(12)32(7,8)22-34/h13-16H,17-22H2,1-12H3. The van der Waals surface area contributed by atoms with Crippen LogP contribution >= 0.6 is 0 Å². The molecule has 44 heavy (non-hydrogen) atoms. The molecule has 0 atom stereocenters. The topological polar surface area (TPSA) is 87.7 Å². The van der Waals surface area contributed by atoms with E-state index in [0.717, 1.165) is 11.1 Å². The molecule has 0 unspecified atom stereocenters. The zero-order valence-corrected chi connectivity index (χ0v) is 28.9. The summed E-state index contributed by atoms with van der Waals surface area (Å²) in [4.78, 5) is 65.7. The summed E-state index contributed by atoms with van der Waals surface area (Å²) in [7, 11) is 7.68. The van der Waals surface area contributed by atoms with Gasteiger partial charge in [-0.2, -0.15) is 0 Å². The predicted octanol–water partition coefficient (Wildman–Crippen LogP) is 4.52. The first-order valence-corrected chi connectivity index (χ1v) is 15.8. The molecule has 10 heteroatoms. The SMILES string of the molecule is CN1C(C)(C)CC2(CC1(C)C)C(=O)N(Cc1ccc(CN3C(=O)N(C)C4(CC(C)(C)N(C)C(C)(C)C4)C3=O)cc1)C(=O)N2C. The van der Waals surface area contributed by atoms with Gasteiger partial charge in [-0.05, 0) is 106 Å². The lowest BCUT2D eigenvalue weighted by molar-refractivity contribution is -0.144. The summed E-state index contributed by atoms with van der Waals surface area (Å²) in [6.07, 6.45) is 2.26. The quantitative estimate of drug-likeness (QED) is 0.468. The van der Waals surface area contributed by atoms with Crippen molar-refractivity contribution in [2.45, 2.75) is 127 Å². The van der Waals surface area contributed by atoms with Crippen molar-refractivity contribution in [2.24, 2.45) is 0 Å². The number of rotatable bonds is 4. The molecule has 6 amide bonds. The van der Waals surface area contributed by atoms with Gasteiger partial charge in [0.1, 0.15) is 11.1 Å². The van der Waals surface area contributed by atoms with Gasteiger partial charge in [-0.25, -0.2) is 9.59 Å². The van der Waals surface area contributed by atoms with Crippen LogP contribution in [0.25, 0.3) is 0 Å². The molecule has 4 heterocycles. The van der Waals surface area contributed by atoms with E-state index < -0.39 is 11.1 Å². The summed E-state index contributed by atoms with van der Waals surface area (Å²) < 4.78 is 0. The molecule has 242 valence electrons. The van der Waals surface area contributed by atoms with Crippen LogP contribution in [0.1, 0.15) is 92.2 Å². The maximum absolute atomic E-state index is 14.0. The molecule has 1 aromatic rings. The second-order valence-corrected chi connectivity index (χ2v) is 16.4. The average molecular weight is 609 g/mol. The van der Waals surface area contributed by atoms with Gasteiger partial charge < -0.3 is 9.80 Å². The minimum absolute atomic E-state index is 0.145. The van der Waals surface area contributed by atoms with Gasteiger partial charge in [0.2, 0.25) is 0 Å². The molecule has 0 saturated carbocycles. The molecule has 4 fully saturated rings. The van der Waals surface area contributed by atoms with E-state index in [2.05, 4.69) is 79.3 Å². The van der Waals surface area contributed by atoms with Crippen LogP contribution < -0.4 is 0 Å². The molecule has 0 aliphatic carbocycles. The monoisotopic (exact) mass is 608 g/mol. The maximum atomic E-state index is 14.0. The van der Waals surface area contributed by atoms with Crippen LogP contribution in [-0.2, 0) is 22.7 Å². The van der Waals surface area contributed by atoms with Gasteiger partial charge in [0.15, 0.2) is 0 Å². The number of piperidine rings is 2. The molecular formula is C34H52N6O4. The van der Waals surface area contributed by atoms with Gasteiger partial charge in [0.05, 0.1) is 13.1 Å². The minimum Gasteiger partial charge on any atom is -0.312 e. The Morgan fingerprint density at radius 1 is 0.500 bits per heavy atom. The van der Waals surface area contributed by atoms with Gasteiger partial charge in [-0.1, -0.05) is 24.3 Å². The molecule has 0 radical (unpaired) electrons. The Morgan fingerprint density at radius 2 is 0.750 bits per heavy atom. The minimum atomic E-state index is -0.883. The number of carbonyl (C=O) groups is 4. The Labute approximate surface area is 263 Å². The van der Waals surface area contributed by atoms with Crippen molar-refractivity contribution in [1.29, 1.82) is 0 Å². The Morgan fingerprint density at radius 3 is 1.00 bits per heavy atom. The van der Waals surface area contributed by atoms with E-state index in [1.165, 1.54) is 9.80 Å². The zero-order valence-electron chi connectivity index (χ0n) is 28.9. The maximum Gasteiger partial charge on any atom is 0.327 e. The number of benzene rings is 1. The van der Waals surface area contributed by atoms with Crippen LogP contribution in [0.15, 0.2) is 24.3 Å². The van der Waals surface area contributed by atoms with Crippen LogP contribution in [0.3, 0.4) is 0 Å². The van der Waals surface area contributed by atoms with E-state index in [1.807, 2.05) is 24.3 Å². The summed E-state index contributed by atoms with van der Waals surface area (Å²) in [5.74, 6) is -0.289. The highest BCUT2D eigenvalue weighted by Crippen LogP contribution is 2.50. The van der Waals surface area contributed by atoms with Crippen molar-refractivity contribution in [3.05, 3.63) is 35.4 Å². The summed E-state index contributed by atoms with van der Waals surface area (Å²) >= 11 is 0. The Bertz CT molecular complexity index is 1260. The third-order valence-corrected chi connectivity index (χ3v) is 11.8. The molecule has 4 aliphatic heterocycles. The van der Waals surface area contributed by atoms with Crippen molar-refractivity contribution in [3.63, 3.8) is 0 Å². The molecule has 4 aliphatic rings. The number of nitrogens with zero attached hydrogens (tertiary/aromatic N) is 6. The van der Waals surface area contributed by atoms with Gasteiger partial charge in [0, 0.05) is 36.3 Å². The van der Waals surface area contributed by atoms with Crippen molar-refractivity contribution in [3.8, 4) is 0 Å². The smallest absolute Gasteiger partial charge is 0.312 e. The van der Waals surface area contributed by atoms with E-state index >= 15 is 0 Å². The molecule has 0 N–H and O–H groups in total. The highest BCUT2D eigenvalue weighted by Gasteiger charge is 2.64. The molecule has 0 bridgehead atoms. The highest BCUT2D eigenvalue weighted by molar-refractivity contribution is 6.08. The van der Waals surface area contributed by atoms with E-state index in [-0.39, 0.29) is 59.1 Å². The first kappa shape index (κ1) is 32.4. The molecular weight excluding hydrogens is 556 g/mol. The fourth-order valence-corrected chi connectivity index (χ4v) is 8.96. The average Bonchev–Trinajstić information content (AvgIpc) is 3.17. The molecule has 10 nitrogen and oxygen atoms in total. The van der Waals surface area contributed by atoms with Crippen LogP contribution in [-0.4, -0.2) is 115 Å². The highest BCUT2D eigenvalue weighted by atomic mass is 16.2. The summed E-state index contributed by atoms with van der Waals surface area (Å²) in [6, 6.07) is 6.98. The number of urea groups is 2. The predicted molar refractivity (Wildman–Crippen MR) is 170 cm³/mol. The Hall–Kier alpha value is -2.98. The summed E-state index contributed by atoms with van der Waals surface area (Å²) in [5, 5.41) is 0. The number of likely N-dealkylation sites (N-methyl/N-ethyl adjacent to an activating group) is 2. The molecule has 5 rings (SSSR count). The second kappa shape index (κ2) is 9.76. The van der Waals surface area contributed by atoms with E-state index in [9.17, 15) is 19.2 Å². The fraction of sp³-hybridized carbons (Fsp3) is 0.706. The van der Waals surface area contributed by atoms with Crippen LogP contribution in [0.5, 0.6) is 0 Å². The van der Waals surface area contributed by atoms with Crippen molar-refractivity contribution in [2.75, 3.05) is 28.2 Å². The van der Waals surface area contributed by atoms with E-state index in [1.54, 1.807) is 23.9 Å². The zero-order chi connectivity index (χ0) is 33.0. The first-order chi connectivity index (χ1) is 20.0. The van der Waals surface area contributed by atoms with Crippen molar-refractivity contribution < 1.29 is 19.2 Å². The number of carbonyl (C=O) groups excluding carboxylic acids is 4. The molecule has 2 spiro atoms. The summed E-state index contributed by atoms with van der Waals surface area (Å²) in [5.41, 5.74) is -1.19. The molecule has 0 aromatic heterocycles. The number of amides is 6. The molecule has 4 saturated heterocycles. The van der Waals surface area contributed by atoms with E-state index in [0.29, 0.717) is 25.7 Å². The number of likely N-dealkylation sites (tertiary alicyclic amines) is 2. The van der Waals surface area contributed by atoms with Gasteiger partial charge in [-0.15, -0.1) is 0 Å². The Balaban J connectivity index is 1.33. The molecule has 1 aromatic carbocycles. The number of hydrogen-bond donors (Lipinski definition) is 0. The van der Waals surface area contributed by atoms with Crippen molar-refractivity contribution >= 4 is 23.9 Å².